The molecule has 0 radical (unpaired) electrons. The Morgan fingerprint density at radius 2 is 2.00 bits per heavy atom. The van der Waals surface area contributed by atoms with Crippen molar-refractivity contribution in [3.8, 4) is 5.69 Å². The quantitative estimate of drug-likeness (QED) is 0.490. The minimum Gasteiger partial charge on any atom is -0.464 e. The van der Waals surface area contributed by atoms with E-state index in [1.807, 2.05) is 6.07 Å². The standard InChI is InChI=1S/C21H18N6O4/c1-11-18-15(9-16(12-3-4-12)23-20(18)31-25-11)19(28)22-13-5-7-14(8-6-13)27-10-17(24-26-27)21(29)30-2/h5-10,12H,3-4H2,1-2H3,(H,22,28). The van der Waals surface area contributed by atoms with Gasteiger partial charge in [-0.15, -0.1) is 5.10 Å². The molecule has 0 bridgehead atoms. The summed E-state index contributed by atoms with van der Waals surface area (Å²) in [6.07, 6.45) is 3.60. The first kappa shape index (κ1) is 18.9. The van der Waals surface area contributed by atoms with Crippen molar-refractivity contribution in [2.75, 3.05) is 12.4 Å². The van der Waals surface area contributed by atoms with Crippen LogP contribution in [0.5, 0.6) is 0 Å². The Morgan fingerprint density at radius 1 is 1.23 bits per heavy atom. The summed E-state index contributed by atoms with van der Waals surface area (Å²) in [6, 6.07) is 8.83. The highest BCUT2D eigenvalue weighted by Gasteiger charge is 2.28. The molecule has 10 nitrogen and oxygen atoms in total. The fourth-order valence-electron chi connectivity index (χ4n) is 3.37. The maximum Gasteiger partial charge on any atom is 0.360 e. The van der Waals surface area contributed by atoms with Crippen molar-refractivity contribution in [3.63, 3.8) is 0 Å². The Labute approximate surface area is 176 Å². The average molecular weight is 418 g/mol. The maximum atomic E-state index is 13.1. The van der Waals surface area contributed by atoms with Gasteiger partial charge >= 0.3 is 5.97 Å². The van der Waals surface area contributed by atoms with Gasteiger partial charge in [-0.2, -0.15) is 0 Å². The van der Waals surface area contributed by atoms with Gasteiger partial charge in [0.15, 0.2) is 5.69 Å². The van der Waals surface area contributed by atoms with E-state index in [0.29, 0.717) is 39.6 Å². The molecule has 0 unspecified atom stereocenters. The summed E-state index contributed by atoms with van der Waals surface area (Å²) in [6.45, 7) is 1.79. The Morgan fingerprint density at radius 3 is 2.71 bits per heavy atom. The van der Waals surface area contributed by atoms with Crippen molar-refractivity contribution in [2.24, 2.45) is 0 Å². The number of methoxy groups -OCH3 is 1. The molecule has 1 aliphatic carbocycles. The predicted octanol–water partition coefficient (Wildman–Crippen LogP) is 3.03. The van der Waals surface area contributed by atoms with Crippen molar-refractivity contribution < 1.29 is 18.8 Å². The van der Waals surface area contributed by atoms with Crippen LogP contribution in [0.3, 0.4) is 0 Å². The predicted molar refractivity (Wildman–Crippen MR) is 109 cm³/mol. The fourth-order valence-corrected chi connectivity index (χ4v) is 3.37. The normalized spacial score (nSPS) is 13.4. The van der Waals surface area contributed by atoms with Gasteiger partial charge in [-0.1, -0.05) is 10.4 Å². The highest BCUT2D eigenvalue weighted by Crippen LogP contribution is 2.40. The summed E-state index contributed by atoms with van der Waals surface area (Å²) in [5, 5.41) is 15.2. The van der Waals surface area contributed by atoms with E-state index in [9.17, 15) is 9.59 Å². The molecule has 0 atom stereocenters. The van der Waals surface area contributed by atoms with E-state index in [0.717, 1.165) is 18.5 Å². The molecule has 1 amide bonds. The topological polar surface area (TPSA) is 125 Å². The Balaban J connectivity index is 1.39. The third-order valence-corrected chi connectivity index (χ3v) is 5.15. The number of hydrogen-bond donors (Lipinski definition) is 1. The van der Waals surface area contributed by atoms with Crippen LogP contribution in [0.1, 0.15) is 51.0 Å². The molecule has 4 aromatic rings. The Hall–Kier alpha value is -4.08. The third kappa shape index (κ3) is 3.52. The van der Waals surface area contributed by atoms with E-state index in [-0.39, 0.29) is 11.6 Å². The first-order valence-corrected chi connectivity index (χ1v) is 9.73. The van der Waals surface area contributed by atoms with Crippen LogP contribution in [0.4, 0.5) is 5.69 Å². The highest BCUT2D eigenvalue weighted by atomic mass is 16.5. The SMILES string of the molecule is COC(=O)c1cn(-c2ccc(NC(=O)c3cc(C4CC4)nc4onc(C)c34)cc2)nn1. The number of nitrogens with one attached hydrogen (secondary N) is 1. The largest absolute Gasteiger partial charge is 0.464 e. The van der Waals surface area contributed by atoms with Gasteiger partial charge in [-0.25, -0.2) is 14.5 Å². The van der Waals surface area contributed by atoms with Crippen LogP contribution in [-0.4, -0.2) is 44.1 Å². The number of fused-ring (bicyclic) bond motifs is 1. The maximum absolute atomic E-state index is 13.1. The lowest BCUT2D eigenvalue weighted by Crippen LogP contribution is -2.13. The molecular formula is C21H18N6O4. The van der Waals surface area contributed by atoms with Crippen molar-refractivity contribution in [1.29, 1.82) is 0 Å². The molecule has 3 heterocycles. The average Bonchev–Trinajstić information content (AvgIpc) is 3.41. The highest BCUT2D eigenvalue weighted by molar-refractivity contribution is 6.12. The molecular weight excluding hydrogens is 400 g/mol. The lowest BCUT2D eigenvalue weighted by atomic mass is 10.1. The zero-order chi connectivity index (χ0) is 21.5. The first-order chi connectivity index (χ1) is 15.0. The summed E-state index contributed by atoms with van der Waals surface area (Å²) in [5.41, 5.74) is 3.75. The minimum atomic E-state index is -0.562. The van der Waals surface area contributed by atoms with Gasteiger partial charge in [0.2, 0.25) is 0 Å². The molecule has 1 aliphatic rings. The van der Waals surface area contributed by atoms with Gasteiger partial charge in [0, 0.05) is 17.3 Å². The molecule has 10 heteroatoms. The number of anilines is 1. The summed E-state index contributed by atoms with van der Waals surface area (Å²) in [4.78, 5) is 29.1. The van der Waals surface area contributed by atoms with E-state index in [1.165, 1.54) is 18.0 Å². The number of amides is 1. The van der Waals surface area contributed by atoms with Crippen LogP contribution in [-0.2, 0) is 4.74 Å². The van der Waals surface area contributed by atoms with Crippen LogP contribution >= 0.6 is 0 Å². The fraction of sp³-hybridized carbons (Fsp3) is 0.238. The second-order valence-electron chi connectivity index (χ2n) is 7.36. The second kappa shape index (κ2) is 7.31. The summed E-state index contributed by atoms with van der Waals surface area (Å²) in [7, 11) is 1.28. The van der Waals surface area contributed by atoms with Gasteiger partial charge in [-0.3, -0.25) is 4.79 Å². The van der Waals surface area contributed by atoms with E-state index >= 15 is 0 Å². The molecule has 156 valence electrons. The number of esters is 1. The van der Waals surface area contributed by atoms with Crippen LogP contribution < -0.4 is 5.32 Å². The summed E-state index contributed by atoms with van der Waals surface area (Å²) < 4.78 is 11.4. The van der Waals surface area contributed by atoms with E-state index < -0.39 is 5.97 Å². The van der Waals surface area contributed by atoms with Crippen molar-refractivity contribution in [3.05, 3.63) is 59.2 Å². The Bertz CT molecular complexity index is 1300. The number of carbonyl (C=O) groups excluding carboxylic acids is 2. The molecule has 5 rings (SSSR count). The summed E-state index contributed by atoms with van der Waals surface area (Å²) >= 11 is 0. The van der Waals surface area contributed by atoms with Crippen LogP contribution in [0, 0.1) is 6.92 Å². The Kier molecular flexibility index (Phi) is 4.46. The number of benzene rings is 1. The van der Waals surface area contributed by atoms with E-state index in [1.54, 1.807) is 31.2 Å². The monoisotopic (exact) mass is 418 g/mol. The van der Waals surface area contributed by atoms with Gasteiger partial charge in [0.05, 0.1) is 35.6 Å². The lowest BCUT2D eigenvalue weighted by molar-refractivity contribution is 0.0593. The van der Waals surface area contributed by atoms with Crippen molar-refractivity contribution in [2.45, 2.75) is 25.7 Å². The molecule has 1 saturated carbocycles. The zero-order valence-electron chi connectivity index (χ0n) is 16.8. The molecule has 1 N–H and O–H groups in total. The van der Waals surface area contributed by atoms with Gasteiger partial charge < -0.3 is 14.6 Å². The van der Waals surface area contributed by atoms with Gasteiger partial charge in [0.25, 0.3) is 11.6 Å². The molecule has 0 spiro atoms. The van der Waals surface area contributed by atoms with Crippen LogP contribution in [0.25, 0.3) is 16.8 Å². The van der Waals surface area contributed by atoms with E-state index in [4.69, 9.17) is 4.52 Å². The van der Waals surface area contributed by atoms with Crippen molar-refractivity contribution >= 4 is 28.7 Å². The first-order valence-electron chi connectivity index (χ1n) is 9.73. The van der Waals surface area contributed by atoms with Gasteiger partial charge in [-0.05, 0) is 50.1 Å². The van der Waals surface area contributed by atoms with Gasteiger partial charge in [0.1, 0.15) is 0 Å². The molecule has 31 heavy (non-hydrogen) atoms. The number of aryl methyl sites for hydroxylation is 1. The molecule has 1 fully saturated rings. The second-order valence-corrected chi connectivity index (χ2v) is 7.36. The van der Waals surface area contributed by atoms with Crippen LogP contribution in [0.15, 0.2) is 41.1 Å². The number of carbonyl (C=O) groups is 2. The number of hydrogen-bond acceptors (Lipinski definition) is 8. The molecule has 3 aromatic heterocycles. The minimum absolute atomic E-state index is 0.108. The molecule has 1 aromatic carbocycles. The third-order valence-electron chi connectivity index (χ3n) is 5.15. The molecule has 0 saturated heterocycles. The number of ether oxygens (including phenoxy) is 1. The number of rotatable bonds is 5. The van der Waals surface area contributed by atoms with Crippen LogP contribution in [0.2, 0.25) is 0 Å². The number of pyridine rings is 1. The number of nitrogens with zero attached hydrogens (tertiary/aromatic N) is 5. The number of aromatic nitrogens is 5. The smallest absolute Gasteiger partial charge is 0.360 e. The van der Waals surface area contributed by atoms with E-state index in [2.05, 4.69) is 30.5 Å². The zero-order valence-corrected chi connectivity index (χ0v) is 16.8. The summed E-state index contributed by atoms with van der Waals surface area (Å²) in [5.74, 6) is -0.450. The van der Waals surface area contributed by atoms with Crippen molar-refractivity contribution in [1.82, 2.24) is 25.1 Å². The lowest BCUT2D eigenvalue weighted by Gasteiger charge is -2.09. The molecule has 0 aliphatic heterocycles.